The molecular weight excluding hydrogens is 288 g/mol. The smallest absolute Gasteiger partial charge is 0.164 e. The monoisotopic (exact) mass is 306 g/mol. The minimum absolute atomic E-state index is 0.0554. The van der Waals surface area contributed by atoms with Gasteiger partial charge in [-0.05, 0) is 12.1 Å². The Morgan fingerprint density at radius 2 is 0.818 bits per heavy atom. The van der Waals surface area contributed by atoms with Crippen molar-refractivity contribution in [3.05, 3.63) is 24.3 Å². The molecule has 2 aromatic rings. The number of benzene rings is 2. The second-order valence-electron chi connectivity index (χ2n) is 4.45. The molecule has 0 bridgehead atoms. The van der Waals surface area contributed by atoms with Crippen LogP contribution in [-0.2, 0) is 0 Å². The number of phenols is 2. The van der Waals surface area contributed by atoms with Crippen molar-refractivity contribution in [1.29, 1.82) is 0 Å². The van der Waals surface area contributed by atoms with Gasteiger partial charge in [0.1, 0.15) is 11.5 Å². The predicted molar refractivity (Wildman–Crippen MR) is 81.4 cm³/mol. The molecule has 118 valence electrons. The molecule has 0 aromatic heterocycles. The summed E-state index contributed by atoms with van der Waals surface area (Å²) in [7, 11) is 5.94. The van der Waals surface area contributed by atoms with Gasteiger partial charge >= 0.3 is 0 Å². The fraction of sp³-hybridized carbons (Fsp3) is 0.250. The van der Waals surface area contributed by atoms with Crippen LogP contribution in [0.2, 0.25) is 0 Å². The molecule has 0 amide bonds. The lowest BCUT2D eigenvalue weighted by Gasteiger charge is -2.15. The lowest BCUT2D eigenvalue weighted by Crippen LogP contribution is -1.94. The molecule has 0 radical (unpaired) electrons. The van der Waals surface area contributed by atoms with Crippen molar-refractivity contribution in [2.45, 2.75) is 0 Å². The van der Waals surface area contributed by atoms with Gasteiger partial charge in [-0.15, -0.1) is 0 Å². The van der Waals surface area contributed by atoms with E-state index in [1.807, 2.05) is 0 Å². The molecule has 2 N–H and O–H groups in total. The Labute approximate surface area is 128 Å². The fourth-order valence-corrected chi connectivity index (χ4v) is 2.17. The van der Waals surface area contributed by atoms with Crippen molar-refractivity contribution in [2.24, 2.45) is 0 Å². The van der Waals surface area contributed by atoms with Crippen LogP contribution in [0.1, 0.15) is 0 Å². The molecule has 0 aliphatic heterocycles. The van der Waals surface area contributed by atoms with Crippen LogP contribution in [0.5, 0.6) is 34.5 Å². The lowest BCUT2D eigenvalue weighted by atomic mass is 10.0. The highest BCUT2D eigenvalue weighted by atomic mass is 16.5. The minimum Gasteiger partial charge on any atom is -0.507 e. The first-order valence-electron chi connectivity index (χ1n) is 6.46. The normalized spacial score (nSPS) is 10.2. The van der Waals surface area contributed by atoms with Gasteiger partial charge in [-0.3, -0.25) is 0 Å². The van der Waals surface area contributed by atoms with Crippen molar-refractivity contribution >= 4 is 0 Å². The van der Waals surface area contributed by atoms with Crippen LogP contribution in [-0.4, -0.2) is 38.7 Å². The van der Waals surface area contributed by atoms with Gasteiger partial charge in [0, 0.05) is 23.3 Å². The van der Waals surface area contributed by atoms with Crippen LogP contribution in [0, 0.1) is 0 Å². The summed E-state index contributed by atoms with van der Waals surface area (Å²) in [6.45, 7) is 0. The molecule has 6 heteroatoms. The van der Waals surface area contributed by atoms with Crippen molar-refractivity contribution < 1.29 is 29.2 Å². The van der Waals surface area contributed by atoms with E-state index in [2.05, 4.69) is 0 Å². The molecule has 0 spiro atoms. The fourth-order valence-electron chi connectivity index (χ4n) is 2.17. The molecule has 0 unspecified atom stereocenters. The van der Waals surface area contributed by atoms with Gasteiger partial charge in [0.05, 0.1) is 28.4 Å². The Morgan fingerprint density at radius 3 is 1.09 bits per heavy atom. The summed E-state index contributed by atoms with van der Waals surface area (Å²) in [6, 6.07) is 6.00. The largest absolute Gasteiger partial charge is 0.507 e. The summed E-state index contributed by atoms with van der Waals surface area (Å²) in [6.07, 6.45) is 0. The maximum absolute atomic E-state index is 10.2. The number of rotatable bonds is 5. The molecular formula is C16H18O6. The summed E-state index contributed by atoms with van der Waals surface area (Å²) >= 11 is 0. The third-order valence-electron chi connectivity index (χ3n) is 3.29. The second kappa shape index (κ2) is 6.34. The Bertz CT molecular complexity index is 621. The molecule has 0 aliphatic carbocycles. The second-order valence-corrected chi connectivity index (χ2v) is 4.45. The predicted octanol–water partition coefficient (Wildman–Crippen LogP) is 2.80. The van der Waals surface area contributed by atoms with Crippen molar-refractivity contribution in [3.8, 4) is 45.6 Å². The van der Waals surface area contributed by atoms with Crippen LogP contribution >= 0.6 is 0 Å². The topological polar surface area (TPSA) is 77.4 Å². The highest BCUT2D eigenvalue weighted by Gasteiger charge is 2.18. The van der Waals surface area contributed by atoms with Crippen LogP contribution in [0.25, 0.3) is 11.1 Å². The van der Waals surface area contributed by atoms with Crippen LogP contribution in [0.4, 0.5) is 0 Å². The highest BCUT2D eigenvalue weighted by Crippen LogP contribution is 2.45. The van der Waals surface area contributed by atoms with Crippen LogP contribution in [0.3, 0.4) is 0 Å². The van der Waals surface area contributed by atoms with E-state index in [-0.39, 0.29) is 11.5 Å². The van der Waals surface area contributed by atoms with Gasteiger partial charge in [0.2, 0.25) is 0 Å². The number of hydrogen-bond donors (Lipinski definition) is 2. The first-order valence-corrected chi connectivity index (χ1v) is 6.46. The molecule has 0 fully saturated rings. The first-order chi connectivity index (χ1) is 10.5. The number of aromatic hydroxyl groups is 2. The van der Waals surface area contributed by atoms with E-state index in [0.29, 0.717) is 34.1 Å². The molecule has 0 saturated heterocycles. The van der Waals surface area contributed by atoms with Crippen molar-refractivity contribution in [3.63, 3.8) is 0 Å². The maximum Gasteiger partial charge on any atom is 0.164 e. The van der Waals surface area contributed by atoms with Gasteiger partial charge in [-0.2, -0.15) is 0 Å². The van der Waals surface area contributed by atoms with E-state index in [1.165, 1.54) is 40.6 Å². The maximum atomic E-state index is 10.2. The van der Waals surface area contributed by atoms with Gasteiger partial charge in [0.15, 0.2) is 23.0 Å². The minimum atomic E-state index is -0.0554. The molecule has 0 atom stereocenters. The van der Waals surface area contributed by atoms with E-state index in [4.69, 9.17) is 18.9 Å². The van der Waals surface area contributed by atoms with E-state index in [0.717, 1.165) is 0 Å². The molecule has 22 heavy (non-hydrogen) atoms. The number of phenolic OH excluding ortho intramolecular Hbond substituents is 2. The Morgan fingerprint density at radius 1 is 0.545 bits per heavy atom. The van der Waals surface area contributed by atoms with Crippen molar-refractivity contribution in [1.82, 2.24) is 0 Å². The van der Waals surface area contributed by atoms with Gasteiger partial charge in [0.25, 0.3) is 0 Å². The summed E-state index contributed by atoms with van der Waals surface area (Å²) in [5.74, 6) is 1.54. The summed E-state index contributed by atoms with van der Waals surface area (Å²) in [5.41, 5.74) is 0.771. The molecule has 0 heterocycles. The third kappa shape index (κ3) is 2.67. The van der Waals surface area contributed by atoms with Crippen LogP contribution < -0.4 is 18.9 Å². The molecule has 0 saturated carbocycles. The van der Waals surface area contributed by atoms with Gasteiger partial charge in [-0.1, -0.05) is 0 Å². The van der Waals surface area contributed by atoms with E-state index in [1.54, 1.807) is 12.1 Å². The third-order valence-corrected chi connectivity index (χ3v) is 3.29. The average molecular weight is 306 g/mol. The van der Waals surface area contributed by atoms with E-state index >= 15 is 0 Å². The molecule has 6 nitrogen and oxygen atoms in total. The average Bonchev–Trinajstić information content (AvgIpc) is 2.54. The van der Waals surface area contributed by atoms with Gasteiger partial charge < -0.3 is 29.2 Å². The number of ether oxygens (including phenoxy) is 4. The summed E-state index contributed by atoms with van der Waals surface area (Å²) < 4.78 is 20.7. The Hall–Kier alpha value is -2.76. The lowest BCUT2D eigenvalue weighted by molar-refractivity contribution is 0.350. The number of hydrogen-bond acceptors (Lipinski definition) is 6. The quantitative estimate of drug-likeness (QED) is 0.884. The number of methoxy groups -OCH3 is 4. The van der Waals surface area contributed by atoms with E-state index < -0.39 is 0 Å². The van der Waals surface area contributed by atoms with Crippen LogP contribution in [0.15, 0.2) is 24.3 Å². The Balaban J connectivity index is 2.66. The molecule has 0 aliphatic rings. The first kappa shape index (κ1) is 15.6. The molecule has 2 aromatic carbocycles. The zero-order valence-electron chi connectivity index (χ0n) is 12.8. The summed E-state index contributed by atoms with van der Waals surface area (Å²) in [5, 5.41) is 20.4. The van der Waals surface area contributed by atoms with E-state index in [9.17, 15) is 10.2 Å². The zero-order valence-corrected chi connectivity index (χ0v) is 12.8. The zero-order chi connectivity index (χ0) is 16.3. The van der Waals surface area contributed by atoms with Crippen molar-refractivity contribution in [2.75, 3.05) is 28.4 Å². The van der Waals surface area contributed by atoms with Gasteiger partial charge in [-0.25, -0.2) is 0 Å². The standard InChI is InChI=1S/C16H18O6/c1-19-13-5-9(11(17)7-15(13)21-3)10-6-14(20-2)16(22-4)8-12(10)18/h5-8,17-18H,1-4H3. The highest BCUT2D eigenvalue weighted by molar-refractivity contribution is 5.80. The molecule has 2 rings (SSSR count). The summed E-state index contributed by atoms with van der Waals surface area (Å²) in [4.78, 5) is 0. The SMILES string of the molecule is COc1cc(O)c(-c2cc(OC)c(OC)cc2O)cc1OC. The Kier molecular flexibility index (Phi) is 4.50.